The Labute approximate surface area is 110 Å². The lowest BCUT2D eigenvalue weighted by molar-refractivity contribution is 0.552. The van der Waals surface area contributed by atoms with Gasteiger partial charge in [0, 0.05) is 18.7 Å². The Morgan fingerprint density at radius 2 is 1.47 bits per heavy atom. The topological polar surface area (TPSA) is 12.0 Å². The van der Waals surface area contributed by atoms with Crippen LogP contribution in [0.15, 0.2) is 42.5 Å². The molecular weight excluding hydrogens is 251 g/mol. The third-order valence-electron chi connectivity index (χ3n) is 2.90. The molecule has 1 N–H and O–H groups in total. The van der Waals surface area contributed by atoms with Gasteiger partial charge in [-0.05, 0) is 42.3 Å². The van der Waals surface area contributed by atoms with Crippen molar-refractivity contribution in [1.29, 1.82) is 0 Å². The van der Waals surface area contributed by atoms with Gasteiger partial charge in [0.2, 0.25) is 0 Å². The van der Waals surface area contributed by atoms with E-state index in [0.717, 1.165) is 11.6 Å². The van der Waals surface area contributed by atoms with E-state index in [2.05, 4.69) is 5.32 Å². The van der Waals surface area contributed by atoms with Gasteiger partial charge in [-0.25, -0.2) is 13.2 Å². The highest BCUT2D eigenvalue weighted by Crippen LogP contribution is 2.14. The molecular formula is C15H14F3N. The SMILES string of the molecule is C[C@H](NCc1cc(F)cc(F)c1)c1ccc(F)cc1. The number of hydrogen-bond donors (Lipinski definition) is 1. The van der Waals surface area contributed by atoms with Crippen LogP contribution < -0.4 is 5.32 Å². The molecule has 0 fully saturated rings. The number of rotatable bonds is 4. The molecule has 0 radical (unpaired) electrons. The van der Waals surface area contributed by atoms with Crippen LogP contribution in [-0.4, -0.2) is 0 Å². The third-order valence-corrected chi connectivity index (χ3v) is 2.90. The Balaban J connectivity index is 1.99. The summed E-state index contributed by atoms with van der Waals surface area (Å²) in [5.74, 6) is -1.47. The Hall–Kier alpha value is -1.81. The molecule has 2 aromatic rings. The van der Waals surface area contributed by atoms with Gasteiger partial charge >= 0.3 is 0 Å². The molecule has 0 amide bonds. The molecule has 0 saturated carbocycles. The number of hydrogen-bond acceptors (Lipinski definition) is 1. The van der Waals surface area contributed by atoms with E-state index < -0.39 is 11.6 Å². The average molecular weight is 265 g/mol. The first kappa shape index (κ1) is 13.6. The summed E-state index contributed by atoms with van der Waals surface area (Å²) in [5, 5.41) is 3.13. The Kier molecular flexibility index (Phi) is 4.22. The lowest BCUT2D eigenvalue weighted by Crippen LogP contribution is -2.18. The van der Waals surface area contributed by atoms with Crippen molar-refractivity contribution in [2.45, 2.75) is 19.5 Å². The van der Waals surface area contributed by atoms with Crippen LogP contribution >= 0.6 is 0 Å². The Bertz CT molecular complexity index is 532. The lowest BCUT2D eigenvalue weighted by Gasteiger charge is -2.14. The molecule has 0 unspecified atom stereocenters. The zero-order chi connectivity index (χ0) is 13.8. The maximum absolute atomic E-state index is 13.0. The van der Waals surface area contributed by atoms with Crippen LogP contribution in [0.5, 0.6) is 0 Å². The van der Waals surface area contributed by atoms with Gasteiger partial charge in [-0.3, -0.25) is 0 Å². The second kappa shape index (κ2) is 5.89. The maximum Gasteiger partial charge on any atom is 0.126 e. The molecule has 0 aliphatic carbocycles. The van der Waals surface area contributed by atoms with Crippen LogP contribution in [-0.2, 0) is 6.54 Å². The summed E-state index contributed by atoms with van der Waals surface area (Å²) in [6.45, 7) is 2.25. The summed E-state index contributed by atoms with van der Waals surface area (Å²) >= 11 is 0. The average Bonchev–Trinajstić information content (AvgIpc) is 2.36. The van der Waals surface area contributed by atoms with Crippen molar-refractivity contribution < 1.29 is 13.2 Å². The van der Waals surface area contributed by atoms with E-state index in [4.69, 9.17) is 0 Å². The van der Waals surface area contributed by atoms with Crippen molar-refractivity contribution >= 4 is 0 Å². The van der Waals surface area contributed by atoms with Crippen molar-refractivity contribution in [1.82, 2.24) is 5.32 Å². The molecule has 4 heteroatoms. The highest BCUT2D eigenvalue weighted by atomic mass is 19.1. The molecule has 0 aliphatic rings. The van der Waals surface area contributed by atoms with Crippen LogP contribution in [0.4, 0.5) is 13.2 Å². The van der Waals surface area contributed by atoms with E-state index in [0.29, 0.717) is 12.1 Å². The van der Waals surface area contributed by atoms with E-state index in [1.807, 2.05) is 6.92 Å². The molecule has 2 aromatic carbocycles. The minimum atomic E-state index is -0.591. The zero-order valence-corrected chi connectivity index (χ0v) is 10.5. The van der Waals surface area contributed by atoms with Gasteiger partial charge in [0.25, 0.3) is 0 Å². The normalized spacial score (nSPS) is 12.4. The fraction of sp³-hybridized carbons (Fsp3) is 0.200. The predicted molar refractivity (Wildman–Crippen MR) is 68.0 cm³/mol. The van der Waals surface area contributed by atoms with Crippen molar-refractivity contribution in [3.05, 3.63) is 71.0 Å². The van der Waals surface area contributed by atoms with Crippen LogP contribution in [0.1, 0.15) is 24.1 Å². The summed E-state index contributed by atoms with van der Waals surface area (Å²) in [4.78, 5) is 0. The molecule has 19 heavy (non-hydrogen) atoms. The van der Waals surface area contributed by atoms with Gasteiger partial charge in [-0.15, -0.1) is 0 Å². The van der Waals surface area contributed by atoms with Crippen molar-refractivity contribution in [2.24, 2.45) is 0 Å². The van der Waals surface area contributed by atoms with E-state index in [9.17, 15) is 13.2 Å². The van der Waals surface area contributed by atoms with Gasteiger partial charge in [0.15, 0.2) is 0 Å². The first-order valence-electron chi connectivity index (χ1n) is 5.98. The van der Waals surface area contributed by atoms with Crippen molar-refractivity contribution in [2.75, 3.05) is 0 Å². The highest BCUT2D eigenvalue weighted by molar-refractivity contribution is 5.21. The monoisotopic (exact) mass is 265 g/mol. The fourth-order valence-corrected chi connectivity index (χ4v) is 1.85. The second-order valence-corrected chi connectivity index (χ2v) is 4.43. The van der Waals surface area contributed by atoms with Gasteiger partial charge in [-0.1, -0.05) is 12.1 Å². The molecule has 0 saturated heterocycles. The van der Waals surface area contributed by atoms with E-state index in [1.165, 1.54) is 24.3 Å². The molecule has 1 atom stereocenters. The smallest absolute Gasteiger partial charge is 0.126 e. The molecule has 0 aromatic heterocycles. The summed E-state index contributed by atoms with van der Waals surface area (Å²) in [5.41, 5.74) is 1.45. The molecule has 0 aliphatic heterocycles. The minimum Gasteiger partial charge on any atom is -0.306 e. The maximum atomic E-state index is 13.0. The first-order chi connectivity index (χ1) is 9.04. The largest absolute Gasteiger partial charge is 0.306 e. The van der Waals surface area contributed by atoms with Crippen molar-refractivity contribution in [3.8, 4) is 0 Å². The highest BCUT2D eigenvalue weighted by Gasteiger charge is 2.06. The van der Waals surface area contributed by atoms with Crippen molar-refractivity contribution in [3.63, 3.8) is 0 Å². The van der Waals surface area contributed by atoms with E-state index in [1.54, 1.807) is 12.1 Å². The molecule has 0 bridgehead atoms. The molecule has 0 heterocycles. The van der Waals surface area contributed by atoms with E-state index in [-0.39, 0.29) is 11.9 Å². The van der Waals surface area contributed by atoms with Crippen LogP contribution in [0.2, 0.25) is 0 Å². The zero-order valence-electron chi connectivity index (χ0n) is 10.5. The summed E-state index contributed by atoms with van der Waals surface area (Å²) in [6.07, 6.45) is 0. The number of benzene rings is 2. The lowest BCUT2D eigenvalue weighted by atomic mass is 10.1. The molecule has 0 spiro atoms. The summed E-state index contributed by atoms with van der Waals surface area (Å²) in [6, 6.07) is 9.50. The van der Waals surface area contributed by atoms with Gasteiger partial charge < -0.3 is 5.32 Å². The quantitative estimate of drug-likeness (QED) is 0.882. The van der Waals surface area contributed by atoms with Gasteiger partial charge in [0.05, 0.1) is 0 Å². The van der Waals surface area contributed by atoms with Crippen LogP contribution in [0.25, 0.3) is 0 Å². The first-order valence-corrected chi connectivity index (χ1v) is 5.98. The predicted octanol–water partition coefficient (Wildman–Crippen LogP) is 3.95. The van der Waals surface area contributed by atoms with Gasteiger partial charge in [0.1, 0.15) is 17.5 Å². The molecule has 1 nitrogen and oxygen atoms in total. The summed E-state index contributed by atoms with van der Waals surface area (Å²) in [7, 11) is 0. The number of nitrogens with one attached hydrogen (secondary N) is 1. The Morgan fingerprint density at radius 1 is 0.895 bits per heavy atom. The van der Waals surface area contributed by atoms with E-state index >= 15 is 0 Å². The molecule has 2 rings (SSSR count). The minimum absolute atomic E-state index is 0.0353. The van der Waals surface area contributed by atoms with Crippen LogP contribution in [0.3, 0.4) is 0 Å². The third kappa shape index (κ3) is 3.83. The van der Waals surface area contributed by atoms with Crippen LogP contribution in [0, 0.1) is 17.5 Å². The standard InChI is InChI=1S/C15H14F3N/c1-10(12-2-4-13(16)5-3-12)19-9-11-6-14(17)8-15(18)7-11/h2-8,10,19H,9H2,1H3/t10-/m0/s1. The summed E-state index contributed by atoms with van der Waals surface area (Å²) < 4.78 is 38.8. The number of halogens is 3. The fourth-order valence-electron chi connectivity index (χ4n) is 1.85. The second-order valence-electron chi connectivity index (χ2n) is 4.43. The molecule has 100 valence electrons. The van der Waals surface area contributed by atoms with Gasteiger partial charge in [-0.2, -0.15) is 0 Å². The Morgan fingerprint density at radius 3 is 2.05 bits per heavy atom.